The van der Waals surface area contributed by atoms with Crippen LogP contribution in [0.15, 0.2) is 30.3 Å². The van der Waals surface area contributed by atoms with Gasteiger partial charge in [-0.25, -0.2) is 0 Å². The van der Waals surface area contributed by atoms with Crippen LogP contribution in [0.2, 0.25) is 0 Å². The number of ether oxygens (including phenoxy) is 1. The molecule has 1 aliphatic rings. The van der Waals surface area contributed by atoms with Crippen LogP contribution in [0.25, 0.3) is 0 Å². The summed E-state index contributed by atoms with van der Waals surface area (Å²) in [5.74, 6) is 0. The Labute approximate surface area is 90.1 Å². The second-order valence-corrected chi connectivity index (χ2v) is 3.69. The highest BCUT2D eigenvalue weighted by Crippen LogP contribution is 2.17. The van der Waals surface area contributed by atoms with Crippen LogP contribution in [0.1, 0.15) is 12.0 Å². The topological polar surface area (TPSA) is 41.5 Å². The third-order valence-electron chi connectivity index (χ3n) is 2.47. The standard InChI is InChI=1S/C12H16NO2/c14-12-11(15-8-4-7-13-12)9-10-5-2-1-3-6-10/h1-3,5-6,12-14H,4,7-9H2. The molecule has 81 valence electrons. The average molecular weight is 206 g/mol. The predicted octanol–water partition coefficient (Wildman–Crippen LogP) is 1.09. The molecule has 0 spiro atoms. The number of aliphatic hydroxyl groups excluding tert-OH is 1. The Morgan fingerprint density at radius 1 is 1.33 bits per heavy atom. The van der Waals surface area contributed by atoms with E-state index in [9.17, 15) is 5.11 Å². The molecule has 1 saturated heterocycles. The van der Waals surface area contributed by atoms with Crippen LogP contribution in [0.4, 0.5) is 0 Å². The Morgan fingerprint density at radius 3 is 2.93 bits per heavy atom. The number of nitrogens with one attached hydrogen (secondary N) is 1. The van der Waals surface area contributed by atoms with Crippen LogP contribution >= 0.6 is 0 Å². The van der Waals surface area contributed by atoms with Gasteiger partial charge in [0, 0.05) is 13.0 Å². The Kier molecular flexibility index (Phi) is 3.72. The van der Waals surface area contributed by atoms with E-state index in [1.165, 1.54) is 0 Å². The van der Waals surface area contributed by atoms with Gasteiger partial charge in [-0.05, 0) is 18.5 Å². The van der Waals surface area contributed by atoms with Gasteiger partial charge in [0.05, 0.1) is 0 Å². The Bertz CT molecular complexity index is 289. The minimum Gasteiger partial charge on any atom is -0.375 e. The quantitative estimate of drug-likeness (QED) is 0.761. The maximum Gasteiger partial charge on any atom is 0.144 e. The van der Waals surface area contributed by atoms with Crippen molar-refractivity contribution in [3.05, 3.63) is 42.0 Å². The summed E-state index contributed by atoms with van der Waals surface area (Å²) < 4.78 is 5.52. The van der Waals surface area contributed by atoms with Crippen molar-refractivity contribution in [3.63, 3.8) is 0 Å². The van der Waals surface area contributed by atoms with Crippen molar-refractivity contribution < 1.29 is 9.84 Å². The molecule has 1 fully saturated rings. The van der Waals surface area contributed by atoms with E-state index in [0.717, 1.165) is 24.6 Å². The van der Waals surface area contributed by atoms with Crippen molar-refractivity contribution in [1.82, 2.24) is 5.32 Å². The highest BCUT2D eigenvalue weighted by molar-refractivity contribution is 5.18. The molecule has 3 nitrogen and oxygen atoms in total. The minimum absolute atomic E-state index is 0.632. The van der Waals surface area contributed by atoms with Gasteiger partial charge in [-0.1, -0.05) is 30.3 Å². The van der Waals surface area contributed by atoms with E-state index in [0.29, 0.717) is 13.0 Å². The normalized spacial score (nSPS) is 23.7. The molecule has 0 aliphatic carbocycles. The molecule has 2 N–H and O–H groups in total. The van der Waals surface area contributed by atoms with Gasteiger partial charge in [0.15, 0.2) is 0 Å². The maximum atomic E-state index is 9.74. The number of aliphatic hydroxyl groups is 1. The average Bonchev–Trinajstić information content (AvgIpc) is 2.46. The third kappa shape index (κ3) is 3.02. The lowest BCUT2D eigenvalue weighted by Gasteiger charge is -2.19. The van der Waals surface area contributed by atoms with Crippen molar-refractivity contribution in [3.8, 4) is 0 Å². The SMILES string of the molecule is OC1NCCCO[C]1Cc1ccccc1. The zero-order valence-corrected chi connectivity index (χ0v) is 8.65. The third-order valence-corrected chi connectivity index (χ3v) is 2.47. The second-order valence-electron chi connectivity index (χ2n) is 3.69. The monoisotopic (exact) mass is 206 g/mol. The van der Waals surface area contributed by atoms with E-state index in [1.807, 2.05) is 30.3 Å². The van der Waals surface area contributed by atoms with Crippen LogP contribution in [0, 0.1) is 6.10 Å². The highest BCUT2D eigenvalue weighted by Gasteiger charge is 2.23. The highest BCUT2D eigenvalue weighted by atomic mass is 16.5. The molecule has 1 aliphatic heterocycles. The van der Waals surface area contributed by atoms with Crippen molar-refractivity contribution in [2.45, 2.75) is 19.1 Å². The lowest BCUT2D eigenvalue weighted by molar-refractivity contribution is 0.0420. The summed E-state index contributed by atoms with van der Waals surface area (Å²) in [6.07, 6.45) is 1.70. The van der Waals surface area contributed by atoms with Gasteiger partial charge >= 0.3 is 0 Å². The summed E-state index contributed by atoms with van der Waals surface area (Å²) in [5.41, 5.74) is 1.16. The van der Waals surface area contributed by atoms with Crippen LogP contribution in [0.3, 0.4) is 0 Å². The zero-order chi connectivity index (χ0) is 10.5. The zero-order valence-electron chi connectivity index (χ0n) is 8.65. The fourth-order valence-corrected chi connectivity index (χ4v) is 1.65. The number of hydrogen-bond donors (Lipinski definition) is 2. The molecule has 2 rings (SSSR count). The smallest absolute Gasteiger partial charge is 0.144 e. The molecule has 3 heteroatoms. The first-order valence-electron chi connectivity index (χ1n) is 5.30. The minimum atomic E-state index is -0.632. The fraction of sp³-hybridized carbons (Fsp3) is 0.417. The molecule has 1 radical (unpaired) electrons. The summed E-state index contributed by atoms with van der Waals surface area (Å²) in [7, 11) is 0. The van der Waals surface area contributed by atoms with Crippen LogP contribution in [-0.4, -0.2) is 24.5 Å². The van der Waals surface area contributed by atoms with E-state index >= 15 is 0 Å². The van der Waals surface area contributed by atoms with Crippen LogP contribution in [-0.2, 0) is 11.2 Å². The summed E-state index contributed by atoms with van der Waals surface area (Å²) in [4.78, 5) is 0. The molecule has 1 atom stereocenters. The van der Waals surface area contributed by atoms with Gasteiger partial charge in [-0.15, -0.1) is 0 Å². The molecule has 1 aromatic rings. The fourth-order valence-electron chi connectivity index (χ4n) is 1.65. The molecule has 1 unspecified atom stereocenters. The van der Waals surface area contributed by atoms with Gasteiger partial charge < -0.3 is 9.84 Å². The first-order chi connectivity index (χ1) is 7.36. The Morgan fingerprint density at radius 2 is 2.13 bits per heavy atom. The van der Waals surface area contributed by atoms with E-state index in [1.54, 1.807) is 0 Å². The van der Waals surface area contributed by atoms with Crippen molar-refractivity contribution in [2.75, 3.05) is 13.2 Å². The predicted molar refractivity (Wildman–Crippen MR) is 58.0 cm³/mol. The van der Waals surface area contributed by atoms with Gasteiger partial charge in [0.1, 0.15) is 12.3 Å². The summed E-state index contributed by atoms with van der Waals surface area (Å²) in [6, 6.07) is 10.0. The van der Waals surface area contributed by atoms with Crippen LogP contribution in [0.5, 0.6) is 0 Å². The maximum absolute atomic E-state index is 9.74. The van der Waals surface area contributed by atoms with Crippen LogP contribution < -0.4 is 5.32 Å². The summed E-state index contributed by atoms with van der Waals surface area (Å²) in [5, 5.41) is 12.7. The number of rotatable bonds is 2. The molecule has 1 aromatic carbocycles. The molecular weight excluding hydrogens is 190 g/mol. The van der Waals surface area contributed by atoms with Crippen molar-refractivity contribution in [2.24, 2.45) is 0 Å². The number of hydrogen-bond acceptors (Lipinski definition) is 3. The van der Waals surface area contributed by atoms with Crippen molar-refractivity contribution in [1.29, 1.82) is 0 Å². The molecule has 0 aromatic heterocycles. The molecule has 15 heavy (non-hydrogen) atoms. The second kappa shape index (κ2) is 5.26. The van der Waals surface area contributed by atoms with E-state index in [2.05, 4.69) is 5.32 Å². The Balaban J connectivity index is 1.97. The largest absolute Gasteiger partial charge is 0.375 e. The van der Waals surface area contributed by atoms with E-state index in [-0.39, 0.29) is 0 Å². The lowest BCUT2D eigenvalue weighted by atomic mass is 10.1. The first-order valence-corrected chi connectivity index (χ1v) is 5.30. The molecule has 0 bridgehead atoms. The lowest BCUT2D eigenvalue weighted by Crippen LogP contribution is -2.34. The van der Waals surface area contributed by atoms with Gasteiger partial charge in [0.2, 0.25) is 0 Å². The number of benzene rings is 1. The van der Waals surface area contributed by atoms with Gasteiger partial charge in [-0.2, -0.15) is 0 Å². The molecule has 0 saturated carbocycles. The molecule has 1 heterocycles. The first kappa shape index (κ1) is 10.6. The van der Waals surface area contributed by atoms with E-state index in [4.69, 9.17) is 4.74 Å². The van der Waals surface area contributed by atoms with Crippen molar-refractivity contribution >= 4 is 0 Å². The van der Waals surface area contributed by atoms with Gasteiger partial charge in [0.25, 0.3) is 0 Å². The summed E-state index contributed by atoms with van der Waals surface area (Å²) in [6.45, 7) is 1.49. The Hall–Kier alpha value is -0.900. The molecule has 0 amide bonds. The molecular formula is C12H16NO2. The van der Waals surface area contributed by atoms with Gasteiger partial charge in [-0.3, -0.25) is 5.32 Å². The van der Waals surface area contributed by atoms with E-state index < -0.39 is 6.23 Å². The summed E-state index contributed by atoms with van der Waals surface area (Å²) >= 11 is 0.